The number of aryl methyl sites for hydroxylation is 2. The van der Waals surface area contributed by atoms with E-state index in [1.54, 1.807) is 6.07 Å². The lowest BCUT2D eigenvalue weighted by Gasteiger charge is -2.07. The molecule has 7 heteroatoms. The Morgan fingerprint density at radius 2 is 2.12 bits per heavy atom. The van der Waals surface area contributed by atoms with Crippen LogP contribution >= 0.6 is 11.3 Å². The van der Waals surface area contributed by atoms with Crippen LogP contribution in [-0.2, 0) is 6.54 Å². The number of carbonyl (C=O) groups excluding carboxylic acids is 1. The molecule has 3 aromatic rings. The maximum Gasteiger partial charge on any atom is 0.263 e. The van der Waals surface area contributed by atoms with Crippen molar-refractivity contribution in [3.8, 4) is 5.75 Å². The Morgan fingerprint density at radius 3 is 2.80 bits per heavy atom. The quantitative estimate of drug-likeness (QED) is 0.746. The number of rotatable bonds is 4. The molecule has 1 aromatic carbocycles. The number of hydrogen-bond acceptors (Lipinski definition) is 5. The monoisotopic (exact) mass is 359 g/mol. The molecule has 2 heterocycles. The van der Waals surface area contributed by atoms with Crippen LogP contribution in [0.4, 0.5) is 10.1 Å². The van der Waals surface area contributed by atoms with Gasteiger partial charge >= 0.3 is 0 Å². The lowest BCUT2D eigenvalue weighted by molar-refractivity contribution is 0.0956. The summed E-state index contributed by atoms with van der Waals surface area (Å²) in [4.78, 5) is 18.1. The summed E-state index contributed by atoms with van der Waals surface area (Å²) in [6.07, 6.45) is 0. The highest BCUT2D eigenvalue weighted by Gasteiger charge is 2.19. The lowest BCUT2D eigenvalue weighted by atomic mass is 10.1. The predicted octanol–water partition coefficient (Wildman–Crippen LogP) is 3.57. The first-order valence-electron chi connectivity index (χ1n) is 7.67. The van der Waals surface area contributed by atoms with E-state index >= 15 is 0 Å². The van der Waals surface area contributed by atoms with Gasteiger partial charge < -0.3 is 15.8 Å². The van der Waals surface area contributed by atoms with Gasteiger partial charge in [-0.25, -0.2) is 9.37 Å². The van der Waals surface area contributed by atoms with E-state index in [-0.39, 0.29) is 18.2 Å². The van der Waals surface area contributed by atoms with Crippen LogP contribution in [0.5, 0.6) is 5.75 Å². The second-order valence-corrected chi connectivity index (χ2v) is 6.76. The zero-order valence-electron chi connectivity index (χ0n) is 14.1. The molecule has 0 aliphatic carbocycles. The van der Waals surface area contributed by atoms with Crippen molar-refractivity contribution in [2.75, 3.05) is 12.8 Å². The van der Waals surface area contributed by atoms with Crippen LogP contribution in [0.2, 0.25) is 0 Å². The van der Waals surface area contributed by atoms with Crippen molar-refractivity contribution in [3.63, 3.8) is 0 Å². The molecule has 130 valence electrons. The number of thiophene rings is 1. The van der Waals surface area contributed by atoms with Crippen molar-refractivity contribution < 1.29 is 13.9 Å². The number of nitrogens with one attached hydrogen (secondary N) is 1. The van der Waals surface area contributed by atoms with Gasteiger partial charge in [0.1, 0.15) is 9.71 Å². The Kier molecular flexibility index (Phi) is 4.59. The third kappa shape index (κ3) is 3.28. The van der Waals surface area contributed by atoms with Gasteiger partial charge in [-0.05, 0) is 43.2 Å². The number of fused-ring (bicyclic) bond motifs is 1. The zero-order valence-corrected chi connectivity index (χ0v) is 15.0. The number of hydrogen-bond donors (Lipinski definition) is 2. The van der Waals surface area contributed by atoms with Crippen molar-refractivity contribution >= 4 is 33.1 Å². The third-order valence-corrected chi connectivity index (χ3v) is 5.00. The number of pyridine rings is 1. The van der Waals surface area contributed by atoms with Gasteiger partial charge in [0.05, 0.1) is 12.8 Å². The number of nitrogens with zero attached hydrogens (tertiary/aromatic N) is 1. The Bertz CT molecular complexity index is 969. The van der Waals surface area contributed by atoms with E-state index < -0.39 is 5.82 Å². The molecular weight excluding hydrogens is 341 g/mol. The second kappa shape index (κ2) is 6.68. The molecule has 0 saturated carbocycles. The number of carbonyl (C=O) groups is 1. The van der Waals surface area contributed by atoms with Crippen LogP contribution in [0.15, 0.2) is 24.3 Å². The standard InChI is InChI=1S/C18H18FN3O2S/c1-9-6-10(2)22-18-14(9)15(20)16(25-18)17(23)21-8-11-4-5-13(24-3)12(19)7-11/h4-7H,8,20H2,1-3H3,(H,21,23). The van der Waals surface area contributed by atoms with E-state index in [0.29, 0.717) is 16.1 Å². The van der Waals surface area contributed by atoms with Crippen molar-refractivity contribution in [1.82, 2.24) is 10.3 Å². The van der Waals surface area contributed by atoms with Crippen molar-refractivity contribution in [2.24, 2.45) is 0 Å². The Balaban J connectivity index is 1.82. The summed E-state index contributed by atoms with van der Waals surface area (Å²) >= 11 is 1.26. The van der Waals surface area contributed by atoms with Gasteiger partial charge in [-0.2, -0.15) is 0 Å². The minimum Gasteiger partial charge on any atom is -0.494 e. The van der Waals surface area contributed by atoms with Gasteiger partial charge in [0.15, 0.2) is 11.6 Å². The second-order valence-electron chi connectivity index (χ2n) is 5.76. The van der Waals surface area contributed by atoms with E-state index in [9.17, 15) is 9.18 Å². The van der Waals surface area contributed by atoms with E-state index in [0.717, 1.165) is 21.5 Å². The maximum atomic E-state index is 13.7. The molecule has 0 saturated heterocycles. The molecule has 0 aliphatic rings. The molecule has 1 amide bonds. The molecule has 0 fully saturated rings. The number of aromatic nitrogens is 1. The number of nitrogen functional groups attached to an aromatic ring is 1. The lowest BCUT2D eigenvalue weighted by Crippen LogP contribution is -2.22. The highest BCUT2D eigenvalue weighted by molar-refractivity contribution is 7.21. The minimum absolute atomic E-state index is 0.167. The summed E-state index contributed by atoms with van der Waals surface area (Å²) in [5, 5.41) is 3.59. The van der Waals surface area contributed by atoms with Crippen LogP contribution in [0.3, 0.4) is 0 Å². The van der Waals surface area contributed by atoms with Gasteiger partial charge in [0.2, 0.25) is 0 Å². The van der Waals surface area contributed by atoms with E-state index in [1.807, 2.05) is 19.9 Å². The van der Waals surface area contributed by atoms with Crippen LogP contribution in [0.25, 0.3) is 10.2 Å². The van der Waals surface area contributed by atoms with Crippen LogP contribution < -0.4 is 15.8 Å². The summed E-state index contributed by atoms with van der Waals surface area (Å²) < 4.78 is 18.6. The Hall–Kier alpha value is -2.67. The number of nitrogens with two attached hydrogens (primary N) is 1. The Morgan fingerprint density at radius 1 is 1.36 bits per heavy atom. The van der Waals surface area contributed by atoms with Crippen LogP contribution in [0, 0.1) is 19.7 Å². The van der Waals surface area contributed by atoms with Crippen molar-refractivity contribution in [2.45, 2.75) is 20.4 Å². The molecule has 0 bridgehead atoms. The van der Waals surface area contributed by atoms with Crippen molar-refractivity contribution in [3.05, 3.63) is 51.8 Å². The fraction of sp³-hybridized carbons (Fsp3) is 0.222. The van der Waals surface area contributed by atoms with Gasteiger partial charge in [0.25, 0.3) is 5.91 Å². The number of methoxy groups -OCH3 is 1. The third-order valence-electron chi connectivity index (χ3n) is 3.90. The smallest absolute Gasteiger partial charge is 0.263 e. The molecule has 0 unspecified atom stereocenters. The summed E-state index contributed by atoms with van der Waals surface area (Å²) in [7, 11) is 1.40. The SMILES string of the molecule is COc1ccc(CNC(=O)c2sc3nc(C)cc(C)c3c2N)cc1F. The van der Waals surface area contributed by atoms with Gasteiger partial charge in [-0.15, -0.1) is 11.3 Å². The molecule has 2 aromatic heterocycles. The first-order chi connectivity index (χ1) is 11.9. The normalized spacial score (nSPS) is 10.9. The predicted molar refractivity (Wildman–Crippen MR) is 97.6 cm³/mol. The number of ether oxygens (including phenoxy) is 1. The number of anilines is 1. The number of amides is 1. The Labute approximate surface area is 148 Å². The highest BCUT2D eigenvalue weighted by Crippen LogP contribution is 2.34. The topological polar surface area (TPSA) is 77.2 Å². The first kappa shape index (κ1) is 17.2. The molecular formula is C18H18FN3O2S. The first-order valence-corrected chi connectivity index (χ1v) is 8.49. The molecule has 0 aliphatic heterocycles. The van der Waals surface area contributed by atoms with E-state index in [4.69, 9.17) is 10.5 Å². The molecule has 5 nitrogen and oxygen atoms in total. The molecule has 3 rings (SSSR count). The molecule has 3 N–H and O–H groups in total. The largest absolute Gasteiger partial charge is 0.494 e. The van der Waals surface area contributed by atoms with Crippen LogP contribution in [0.1, 0.15) is 26.5 Å². The molecule has 0 atom stereocenters. The van der Waals surface area contributed by atoms with E-state index in [2.05, 4.69) is 10.3 Å². The van der Waals surface area contributed by atoms with Crippen molar-refractivity contribution in [1.29, 1.82) is 0 Å². The molecule has 0 radical (unpaired) electrons. The average molecular weight is 359 g/mol. The fourth-order valence-corrected chi connectivity index (χ4v) is 3.85. The van der Waals surface area contributed by atoms with E-state index in [1.165, 1.54) is 30.6 Å². The summed E-state index contributed by atoms with van der Waals surface area (Å²) in [5.74, 6) is -0.597. The van der Waals surface area contributed by atoms with Gasteiger partial charge in [-0.1, -0.05) is 6.07 Å². The zero-order chi connectivity index (χ0) is 18.1. The number of halogens is 1. The minimum atomic E-state index is -0.467. The average Bonchev–Trinajstić information content (AvgIpc) is 2.89. The highest BCUT2D eigenvalue weighted by atomic mass is 32.1. The summed E-state index contributed by atoms with van der Waals surface area (Å²) in [6.45, 7) is 4.04. The fourth-order valence-electron chi connectivity index (χ4n) is 2.72. The molecule has 25 heavy (non-hydrogen) atoms. The van der Waals surface area contributed by atoms with Gasteiger partial charge in [-0.3, -0.25) is 4.79 Å². The summed E-state index contributed by atoms with van der Waals surface area (Å²) in [5.41, 5.74) is 9.10. The van der Waals surface area contributed by atoms with Gasteiger partial charge in [0, 0.05) is 17.6 Å². The van der Waals surface area contributed by atoms with Crippen LogP contribution in [-0.4, -0.2) is 18.0 Å². The maximum absolute atomic E-state index is 13.7. The molecule has 0 spiro atoms. The number of benzene rings is 1. The summed E-state index contributed by atoms with van der Waals surface area (Å²) in [6, 6.07) is 6.50.